The van der Waals surface area contributed by atoms with Crippen molar-refractivity contribution >= 4 is 15.2 Å². The van der Waals surface area contributed by atoms with E-state index in [-0.39, 0.29) is 52.9 Å². The van der Waals surface area contributed by atoms with Crippen molar-refractivity contribution in [2.75, 3.05) is 158 Å². The lowest BCUT2D eigenvalue weighted by Gasteiger charge is -2.12. The molecule has 0 bridgehead atoms. The minimum atomic E-state index is -4.09. The topological polar surface area (TPSA) is 257 Å². The molecule has 0 aliphatic carbocycles. The molecule has 0 radical (unpaired) electrons. The summed E-state index contributed by atoms with van der Waals surface area (Å²) in [5, 5.41) is 19.3. The van der Waals surface area contributed by atoms with E-state index in [2.05, 4.69) is 0 Å². The van der Waals surface area contributed by atoms with Gasteiger partial charge in [-0.05, 0) is 0 Å². The molecule has 0 rings (SSSR count). The van der Waals surface area contributed by atoms with Crippen molar-refractivity contribution in [3.8, 4) is 0 Å². The van der Waals surface area contributed by atoms with Gasteiger partial charge in [-0.2, -0.15) is 0 Å². The molecule has 2 atom stereocenters. The Morgan fingerprint density at radius 3 is 0.681 bits per heavy atom. The van der Waals surface area contributed by atoms with E-state index in [1.54, 1.807) is 0 Å². The predicted molar refractivity (Wildman–Crippen MR) is 165 cm³/mol. The molecule has 0 aliphatic rings. The quantitative estimate of drug-likeness (QED) is 0.0304. The highest BCUT2D eigenvalue weighted by atomic mass is 31.2. The molecule has 0 spiro atoms. The second-order valence-corrected chi connectivity index (χ2v) is 13.2. The van der Waals surface area contributed by atoms with Crippen LogP contribution in [0, 0.1) is 0 Å². The molecular formula is C26H56O19P2. The second kappa shape index (κ2) is 33.0. The minimum absolute atomic E-state index is 0.0284. The van der Waals surface area contributed by atoms with E-state index in [0.29, 0.717) is 92.5 Å². The molecule has 19 nitrogen and oxygen atoms in total. The number of hydrogen-bond donors (Lipinski definition) is 6. The van der Waals surface area contributed by atoms with Gasteiger partial charge in [-0.3, -0.25) is 9.13 Å². The molecule has 0 heterocycles. The van der Waals surface area contributed by atoms with E-state index in [9.17, 15) is 19.3 Å². The van der Waals surface area contributed by atoms with Crippen LogP contribution in [-0.2, 0) is 61.2 Å². The first-order chi connectivity index (χ1) is 22.5. The Morgan fingerprint density at radius 1 is 0.319 bits per heavy atom. The molecular weight excluding hydrogens is 678 g/mol. The first-order valence-electron chi connectivity index (χ1n) is 15.3. The van der Waals surface area contributed by atoms with E-state index in [4.69, 9.17) is 71.7 Å². The summed E-state index contributed by atoms with van der Waals surface area (Å²) in [5.41, 5.74) is 0. The zero-order chi connectivity index (χ0) is 34.9. The largest absolute Gasteiger partial charge is 0.388 e. The summed E-state index contributed by atoms with van der Waals surface area (Å²) in [6.07, 6.45) is -2.56. The number of aliphatic hydroxyl groups is 2. The standard InChI is InChI=1S/C26H56O19P2/c27-25(23-44-17-19-46(29,30)31)21-42-15-13-40-11-9-38-7-5-36-3-1-35-2-4-37-6-8-39-10-12-41-14-16-43-22-26(28)24-45-18-20-47(32,33)34/h25-28H,1-24H2,(H2,29,30,31)(H2,32,33,34)/t25-,26-/m0/s1. The molecule has 0 aromatic rings. The molecule has 0 saturated carbocycles. The summed E-state index contributed by atoms with van der Waals surface area (Å²) >= 11 is 0. The number of aliphatic hydroxyl groups excluding tert-OH is 2. The first-order valence-corrected chi connectivity index (χ1v) is 18.9. The van der Waals surface area contributed by atoms with Gasteiger partial charge in [-0.25, -0.2) is 0 Å². The molecule has 21 heteroatoms. The fourth-order valence-electron chi connectivity index (χ4n) is 3.00. The monoisotopic (exact) mass is 734 g/mol. The van der Waals surface area contributed by atoms with Crippen LogP contribution in [0.3, 0.4) is 0 Å². The lowest BCUT2D eigenvalue weighted by Crippen LogP contribution is -2.23. The Labute approximate surface area is 276 Å². The van der Waals surface area contributed by atoms with Gasteiger partial charge in [0.25, 0.3) is 0 Å². The normalized spacial score (nSPS) is 13.7. The van der Waals surface area contributed by atoms with Crippen molar-refractivity contribution < 1.29 is 91.0 Å². The average molecular weight is 735 g/mol. The van der Waals surface area contributed by atoms with Crippen molar-refractivity contribution in [3.63, 3.8) is 0 Å². The molecule has 284 valence electrons. The number of hydrogen-bond acceptors (Lipinski definition) is 15. The van der Waals surface area contributed by atoms with Crippen LogP contribution in [0.2, 0.25) is 0 Å². The van der Waals surface area contributed by atoms with E-state index >= 15 is 0 Å². The average Bonchev–Trinajstić information content (AvgIpc) is 3.00. The van der Waals surface area contributed by atoms with Gasteiger partial charge < -0.3 is 81.9 Å². The van der Waals surface area contributed by atoms with E-state index in [1.807, 2.05) is 0 Å². The molecule has 6 N–H and O–H groups in total. The molecule has 47 heavy (non-hydrogen) atoms. The third kappa shape index (κ3) is 41.9. The summed E-state index contributed by atoms with van der Waals surface area (Å²) in [6, 6.07) is 0. The van der Waals surface area contributed by atoms with Gasteiger partial charge in [0.15, 0.2) is 0 Å². The molecule has 0 unspecified atom stereocenters. The Kier molecular flexibility index (Phi) is 32.8. The van der Waals surface area contributed by atoms with Crippen LogP contribution in [0.5, 0.6) is 0 Å². The summed E-state index contributed by atoms with van der Waals surface area (Å²) in [5.74, 6) is 0. The molecule has 0 aliphatic heterocycles. The van der Waals surface area contributed by atoms with E-state index in [0.717, 1.165) is 0 Å². The van der Waals surface area contributed by atoms with Crippen molar-refractivity contribution in [1.29, 1.82) is 0 Å². The molecule has 0 amide bonds. The highest BCUT2D eigenvalue weighted by Crippen LogP contribution is 2.33. The summed E-state index contributed by atoms with van der Waals surface area (Å²) in [7, 11) is -8.19. The van der Waals surface area contributed by atoms with Gasteiger partial charge in [0.1, 0.15) is 12.2 Å². The first kappa shape index (κ1) is 46.8. The van der Waals surface area contributed by atoms with Gasteiger partial charge in [0.2, 0.25) is 0 Å². The van der Waals surface area contributed by atoms with Gasteiger partial charge in [-0.15, -0.1) is 0 Å². The zero-order valence-electron chi connectivity index (χ0n) is 27.0. The number of ether oxygens (including phenoxy) is 11. The molecule has 0 saturated heterocycles. The van der Waals surface area contributed by atoms with Crippen LogP contribution in [-0.4, -0.2) is 200 Å². The van der Waals surface area contributed by atoms with Crippen LogP contribution < -0.4 is 0 Å². The van der Waals surface area contributed by atoms with Gasteiger partial charge in [-0.1, -0.05) is 0 Å². The van der Waals surface area contributed by atoms with Crippen LogP contribution >= 0.6 is 15.2 Å². The maximum Gasteiger partial charge on any atom is 0.327 e. The molecule has 0 fully saturated rings. The van der Waals surface area contributed by atoms with Crippen LogP contribution in [0.4, 0.5) is 0 Å². The highest BCUT2D eigenvalue weighted by Gasteiger charge is 2.14. The smallest absolute Gasteiger partial charge is 0.327 e. The van der Waals surface area contributed by atoms with Crippen molar-refractivity contribution in [3.05, 3.63) is 0 Å². The Bertz CT molecular complexity index is 696. The Morgan fingerprint density at radius 2 is 0.489 bits per heavy atom. The maximum atomic E-state index is 10.7. The van der Waals surface area contributed by atoms with Crippen molar-refractivity contribution in [2.24, 2.45) is 0 Å². The summed E-state index contributed by atoms with van der Waals surface area (Å²) < 4.78 is 79.5. The molecule has 0 aromatic carbocycles. The van der Waals surface area contributed by atoms with Crippen LogP contribution in [0.25, 0.3) is 0 Å². The maximum absolute atomic E-state index is 10.7. The highest BCUT2D eigenvalue weighted by molar-refractivity contribution is 7.52. The third-order valence-electron chi connectivity index (χ3n) is 5.27. The van der Waals surface area contributed by atoms with Crippen LogP contribution in [0.15, 0.2) is 0 Å². The fourth-order valence-corrected chi connectivity index (χ4v) is 3.73. The van der Waals surface area contributed by atoms with Crippen molar-refractivity contribution in [1.82, 2.24) is 0 Å². The fraction of sp³-hybridized carbons (Fsp3) is 1.00. The van der Waals surface area contributed by atoms with Crippen molar-refractivity contribution in [2.45, 2.75) is 12.2 Å². The third-order valence-corrected chi connectivity index (χ3v) is 6.80. The van der Waals surface area contributed by atoms with Crippen LogP contribution in [0.1, 0.15) is 0 Å². The summed E-state index contributed by atoms with van der Waals surface area (Å²) in [4.78, 5) is 34.8. The second-order valence-electron chi connectivity index (χ2n) is 9.67. The molecule has 0 aromatic heterocycles. The number of rotatable bonds is 38. The van der Waals surface area contributed by atoms with Gasteiger partial charge >= 0.3 is 15.2 Å². The lowest BCUT2D eigenvalue weighted by atomic mass is 10.4. The van der Waals surface area contributed by atoms with Gasteiger partial charge in [0.05, 0.1) is 158 Å². The van der Waals surface area contributed by atoms with E-state index in [1.165, 1.54) is 0 Å². The SMILES string of the molecule is O=P(O)(O)CCOC[C@@H](O)COCCOCCOCCOCCOCCOCCOCCOCCOC[C@H](O)COCCP(=O)(O)O. The summed E-state index contributed by atoms with van der Waals surface area (Å²) in [6.45, 7) is 5.85. The lowest BCUT2D eigenvalue weighted by molar-refractivity contribution is -0.0405. The predicted octanol–water partition coefficient (Wildman–Crippen LogP) is -1.75. The Hall–Kier alpha value is -0.220. The van der Waals surface area contributed by atoms with E-state index < -0.39 is 39.7 Å². The Balaban J connectivity index is 3.18. The zero-order valence-corrected chi connectivity index (χ0v) is 28.8. The van der Waals surface area contributed by atoms with Gasteiger partial charge in [0, 0.05) is 0 Å². The minimum Gasteiger partial charge on any atom is -0.388 e.